The van der Waals surface area contributed by atoms with Crippen molar-refractivity contribution in [2.45, 2.75) is 45.4 Å². The number of unbranched alkanes of at least 4 members (excludes halogenated alkanes) is 5. The lowest BCUT2D eigenvalue weighted by molar-refractivity contribution is -0.384. The number of nitrogens with two attached hydrogens (primary N) is 1. The lowest BCUT2D eigenvalue weighted by Crippen LogP contribution is -2.25. The van der Waals surface area contributed by atoms with Crippen LogP contribution < -0.4 is 11.1 Å². The van der Waals surface area contributed by atoms with Crippen molar-refractivity contribution in [1.82, 2.24) is 5.32 Å². The fourth-order valence-electron chi connectivity index (χ4n) is 2.15. The summed E-state index contributed by atoms with van der Waals surface area (Å²) in [6.07, 6.45) is 6.75. The predicted molar refractivity (Wildman–Crippen MR) is 83.2 cm³/mol. The second-order valence-corrected chi connectivity index (χ2v) is 5.02. The second-order valence-electron chi connectivity index (χ2n) is 5.02. The van der Waals surface area contributed by atoms with Gasteiger partial charge in [-0.25, -0.2) is 0 Å². The summed E-state index contributed by atoms with van der Waals surface area (Å²) >= 11 is 0. The number of hydrogen-bond donors (Lipinski definition) is 2. The highest BCUT2D eigenvalue weighted by molar-refractivity contribution is 6.00. The summed E-state index contributed by atoms with van der Waals surface area (Å²) in [5.74, 6) is -0.442. The Morgan fingerprint density at radius 3 is 2.57 bits per heavy atom. The topological polar surface area (TPSA) is 98.3 Å². The first-order valence-corrected chi connectivity index (χ1v) is 7.39. The SMILES string of the molecule is CCCCCCCCNC(=O)c1cccc(N)c1[N+](=O)[O-]. The van der Waals surface area contributed by atoms with Crippen LogP contribution in [0.1, 0.15) is 55.8 Å². The molecule has 0 spiro atoms. The second kappa shape index (κ2) is 8.94. The fraction of sp³-hybridized carbons (Fsp3) is 0.533. The molecule has 0 fully saturated rings. The summed E-state index contributed by atoms with van der Waals surface area (Å²) < 4.78 is 0. The van der Waals surface area contributed by atoms with E-state index in [1.54, 1.807) is 6.07 Å². The number of rotatable bonds is 9. The number of carbonyl (C=O) groups excluding carboxylic acids is 1. The van der Waals surface area contributed by atoms with Crippen molar-refractivity contribution in [1.29, 1.82) is 0 Å². The molecule has 0 bridgehead atoms. The van der Waals surface area contributed by atoms with E-state index in [0.29, 0.717) is 6.54 Å². The molecule has 0 atom stereocenters. The normalized spacial score (nSPS) is 10.3. The summed E-state index contributed by atoms with van der Waals surface area (Å²) in [6, 6.07) is 4.38. The van der Waals surface area contributed by atoms with E-state index in [1.165, 1.54) is 31.4 Å². The zero-order valence-corrected chi connectivity index (χ0v) is 12.4. The van der Waals surface area contributed by atoms with Gasteiger partial charge < -0.3 is 11.1 Å². The van der Waals surface area contributed by atoms with Gasteiger partial charge in [0.15, 0.2) is 0 Å². The molecule has 1 rings (SSSR count). The molecule has 0 heterocycles. The van der Waals surface area contributed by atoms with E-state index in [4.69, 9.17) is 5.73 Å². The van der Waals surface area contributed by atoms with Gasteiger partial charge >= 0.3 is 5.69 Å². The summed E-state index contributed by atoms with van der Waals surface area (Å²) in [6.45, 7) is 2.69. The van der Waals surface area contributed by atoms with Crippen LogP contribution in [0.4, 0.5) is 11.4 Å². The maximum absolute atomic E-state index is 12.0. The minimum Gasteiger partial charge on any atom is -0.393 e. The van der Waals surface area contributed by atoms with Crippen molar-refractivity contribution in [3.63, 3.8) is 0 Å². The van der Waals surface area contributed by atoms with Crippen molar-refractivity contribution in [2.24, 2.45) is 0 Å². The minimum atomic E-state index is -0.616. The molecule has 21 heavy (non-hydrogen) atoms. The number of carbonyl (C=O) groups is 1. The standard InChI is InChI=1S/C15H23N3O3/c1-2-3-4-5-6-7-11-17-15(19)12-9-8-10-13(16)14(12)18(20)21/h8-10H,2-7,11,16H2,1H3,(H,17,19). The maximum Gasteiger partial charge on any atom is 0.304 e. The van der Waals surface area contributed by atoms with Crippen molar-refractivity contribution < 1.29 is 9.72 Å². The molecular weight excluding hydrogens is 270 g/mol. The molecule has 0 unspecified atom stereocenters. The molecule has 6 nitrogen and oxygen atoms in total. The summed E-state index contributed by atoms with van der Waals surface area (Å²) in [5.41, 5.74) is 5.27. The molecule has 1 aromatic rings. The molecule has 0 aliphatic heterocycles. The van der Waals surface area contributed by atoms with Gasteiger partial charge in [-0.1, -0.05) is 45.1 Å². The van der Waals surface area contributed by atoms with Crippen LogP contribution in [0.25, 0.3) is 0 Å². The molecule has 3 N–H and O–H groups in total. The average Bonchev–Trinajstić information content (AvgIpc) is 2.45. The molecular formula is C15H23N3O3. The molecule has 0 radical (unpaired) electrons. The Morgan fingerprint density at radius 1 is 1.24 bits per heavy atom. The molecule has 0 aliphatic carbocycles. The molecule has 0 aliphatic rings. The molecule has 1 aromatic carbocycles. The van der Waals surface area contributed by atoms with Crippen LogP contribution in [0.5, 0.6) is 0 Å². The Labute approximate surface area is 124 Å². The van der Waals surface area contributed by atoms with Gasteiger partial charge in [0.05, 0.1) is 4.92 Å². The van der Waals surface area contributed by atoms with Crippen molar-refractivity contribution in [3.8, 4) is 0 Å². The first-order valence-electron chi connectivity index (χ1n) is 7.39. The Morgan fingerprint density at radius 2 is 1.90 bits per heavy atom. The number of hydrogen-bond acceptors (Lipinski definition) is 4. The highest BCUT2D eigenvalue weighted by Gasteiger charge is 2.22. The van der Waals surface area contributed by atoms with E-state index in [9.17, 15) is 14.9 Å². The van der Waals surface area contributed by atoms with Crippen LogP contribution in [-0.4, -0.2) is 17.4 Å². The average molecular weight is 293 g/mol. The first-order chi connectivity index (χ1) is 10.1. The van der Waals surface area contributed by atoms with Crippen molar-refractivity contribution in [3.05, 3.63) is 33.9 Å². The Hall–Kier alpha value is -2.11. The summed E-state index contributed by atoms with van der Waals surface area (Å²) in [4.78, 5) is 22.3. The number of nitrogens with zero attached hydrogens (tertiary/aromatic N) is 1. The lowest BCUT2D eigenvalue weighted by Gasteiger charge is -2.07. The van der Waals surface area contributed by atoms with E-state index >= 15 is 0 Å². The molecule has 0 aromatic heterocycles. The van der Waals surface area contributed by atoms with Crippen LogP contribution in [-0.2, 0) is 0 Å². The Bertz CT molecular complexity index is 489. The predicted octanol–water partition coefficient (Wildman–Crippen LogP) is 3.27. The molecule has 6 heteroatoms. The number of amides is 1. The Balaban J connectivity index is 2.46. The third kappa shape index (κ3) is 5.41. The third-order valence-electron chi connectivity index (χ3n) is 3.31. The number of nitrogens with one attached hydrogen (secondary N) is 1. The third-order valence-corrected chi connectivity index (χ3v) is 3.31. The van der Waals surface area contributed by atoms with Crippen LogP contribution in [0.2, 0.25) is 0 Å². The number of benzene rings is 1. The minimum absolute atomic E-state index is 0.00668. The van der Waals surface area contributed by atoms with E-state index in [0.717, 1.165) is 19.3 Å². The maximum atomic E-state index is 12.0. The van der Waals surface area contributed by atoms with Gasteiger partial charge in [0.25, 0.3) is 5.91 Å². The van der Waals surface area contributed by atoms with Gasteiger partial charge in [0, 0.05) is 6.54 Å². The van der Waals surface area contributed by atoms with Crippen LogP contribution in [0.3, 0.4) is 0 Å². The van der Waals surface area contributed by atoms with Crippen LogP contribution >= 0.6 is 0 Å². The highest BCUT2D eigenvalue weighted by Crippen LogP contribution is 2.25. The largest absolute Gasteiger partial charge is 0.393 e. The van der Waals surface area contributed by atoms with Gasteiger partial charge in [-0.05, 0) is 18.6 Å². The van der Waals surface area contributed by atoms with Gasteiger partial charge in [-0.3, -0.25) is 14.9 Å². The van der Waals surface area contributed by atoms with Crippen molar-refractivity contribution in [2.75, 3.05) is 12.3 Å². The number of anilines is 1. The van der Waals surface area contributed by atoms with E-state index < -0.39 is 10.8 Å². The molecule has 0 saturated heterocycles. The van der Waals surface area contributed by atoms with Crippen molar-refractivity contribution >= 4 is 17.3 Å². The monoisotopic (exact) mass is 293 g/mol. The highest BCUT2D eigenvalue weighted by atomic mass is 16.6. The zero-order chi connectivity index (χ0) is 15.7. The zero-order valence-electron chi connectivity index (χ0n) is 12.4. The number of nitro benzene ring substituents is 1. The van der Waals surface area contributed by atoms with E-state index in [-0.39, 0.29) is 16.9 Å². The van der Waals surface area contributed by atoms with E-state index in [2.05, 4.69) is 12.2 Å². The van der Waals surface area contributed by atoms with E-state index in [1.807, 2.05) is 0 Å². The van der Waals surface area contributed by atoms with Crippen LogP contribution in [0, 0.1) is 10.1 Å². The lowest BCUT2D eigenvalue weighted by atomic mass is 10.1. The quantitative estimate of drug-likeness (QED) is 0.316. The van der Waals surface area contributed by atoms with Gasteiger partial charge in [-0.2, -0.15) is 0 Å². The fourth-order valence-corrected chi connectivity index (χ4v) is 2.15. The van der Waals surface area contributed by atoms with Gasteiger partial charge in [-0.15, -0.1) is 0 Å². The van der Waals surface area contributed by atoms with Crippen LogP contribution in [0.15, 0.2) is 18.2 Å². The molecule has 1 amide bonds. The number of nitro groups is 1. The molecule has 116 valence electrons. The van der Waals surface area contributed by atoms with Gasteiger partial charge in [0.1, 0.15) is 11.3 Å². The molecule has 0 saturated carbocycles. The first kappa shape index (κ1) is 16.9. The summed E-state index contributed by atoms with van der Waals surface area (Å²) in [5, 5.41) is 13.7. The Kier molecular flexibility index (Phi) is 7.21. The summed E-state index contributed by atoms with van der Waals surface area (Å²) in [7, 11) is 0. The van der Waals surface area contributed by atoms with Gasteiger partial charge in [0.2, 0.25) is 0 Å². The smallest absolute Gasteiger partial charge is 0.304 e. The number of nitrogen functional groups attached to an aromatic ring is 1. The number of para-hydroxylation sites is 1.